The van der Waals surface area contributed by atoms with Gasteiger partial charge in [0.05, 0.1) is 16.7 Å². The summed E-state index contributed by atoms with van der Waals surface area (Å²) in [6.07, 6.45) is -0.0163. The van der Waals surface area contributed by atoms with E-state index in [1.54, 1.807) is 18.2 Å². The molecule has 0 saturated carbocycles. The van der Waals surface area contributed by atoms with Crippen molar-refractivity contribution in [1.82, 2.24) is 0 Å². The van der Waals surface area contributed by atoms with Gasteiger partial charge in [-0.3, -0.25) is 14.9 Å². The summed E-state index contributed by atoms with van der Waals surface area (Å²) in [7, 11) is 0. The van der Waals surface area contributed by atoms with E-state index in [-0.39, 0.29) is 17.7 Å². The number of benzene rings is 2. The number of carbonyl (C=O) groups is 1. The molecule has 22 heavy (non-hydrogen) atoms. The third kappa shape index (κ3) is 3.82. The molecule has 2 aromatic rings. The lowest BCUT2D eigenvalue weighted by Gasteiger charge is -2.14. The van der Waals surface area contributed by atoms with E-state index in [0.29, 0.717) is 17.0 Å². The largest absolute Gasteiger partial charge is 0.489 e. The quantitative estimate of drug-likeness (QED) is 0.675. The zero-order valence-electron chi connectivity index (χ0n) is 12.3. The van der Waals surface area contributed by atoms with Gasteiger partial charge >= 0.3 is 0 Å². The molecule has 0 aliphatic rings. The Morgan fingerprint density at radius 3 is 2.36 bits per heavy atom. The molecule has 0 aromatic heterocycles. The highest BCUT2D eigenvalue weighted by Crippen LogP contribution is 2.25. The van der Waals surface area contributed by atoms with Crippen LogP contribution < -0.4 is 10.1 Å². The van der Waals surface area contributed by atoms with Crippen LogP contribution in [0.1, 0.15) is 24.2 Å². The summed E-state index contributed by atoms with van der Waals surface area (Å²) in [6.45, 7) is 3.80. The minimum Gasteiger partial charge on any atom is -0.489 e. The molecule has 0 atom stereocenters. The topological polar surface area (TPSA) is 81.5 Å². The summed E-state index contributed by atoms with van der Waals surface area (Å²) in [6, 6.07) is 12.5. The number of ether oxygens (including phenoxy) is 1. The number of hydrogen-bond donors (Lipinski definition) is 1. The van der Waals surface area contributed by atoms with Crippen LogP contribution in [0.15, 0.2) is 48.5 Å². The van der Waals surface area contributed by atoms with Gasteiger partial charge in [-0.25, -0.2) is 0 Å². The van der Waals surface area contributed by atoms with Crippen molar-refractivity contribution in [2.45, 2.75) is 20.0 Å². The third-order valence-corrected chi connectivity index (χ3v) is 2.84. The fraction of sp³-hybridized carbons (Fsp3) is 0.188. The Bertz CT molecular complexity index is 681. The Hall–Kier alpha value is -2.89. The standard InChI is InChI=1S/C16H16N2O4/c1-11(2)22-15-6-4-3-5-14(15)17-16(19)12-7-9-13(10-8-12)18(20)21/h3-11H,1-2H3,(H,17,19). The fourth-order valence-electron chi connectivity index (χ4n) is 1.86. The number of para-hydroxylation sites is 2. The van der Waals surface area contributed by atoms with Crippen LogP contribution in [0.5, 0.6) is 5.75 Å². The Balaban J connectivity index is 2.16. The average Bonchev–Trinajstić information content (AvgIpc) is 2.48. The van der Waals surface area contributed by atoms with Crippen LogP contribution in [0.4, 0.5) is 11.4 Å². The lowest BCUT2D eigenvalue weighted by Crippen LogP contribution is -2.14. The Kier molecular flexibility index (Phi) is 4.73. The van der Waals surface area contributed by atoms with E-state index in [1.807, 2.05) is 19.9 Å². The molecule has 0 aliphatic carbocycles. The van der Waals surface area contributed by atoms with Crippen molar-refractivity contribution in [3.05, 3.63) is 64.2 Å². The minimum absolute atomic E-state index is 0.0163. The first-order chi connectivity index (χ1) is 10.5. The van der Waals surface area contributed by atoms with E-state index in [2.05, 4.69) is 5.32 Å². The maximum absolute atomic E-state index is 12.2. The number of hydrogen-bond acceptors (Lipinski definition) is 4. The number of nitrogens with zero attached hydrogens (tertiary/aromatic N) is 1. The van der Waals surface area contributed by atoms with Gasteiger partial charge in [-0.2, -0.15) is 0 Å². The molecule has 0 bridgehead atoms. The molecule has 0 spiro atoms. The number of anilines is 1. The van der Waals surface area contributed by atoms with Crippen LogP contribution in [0.2, 0.25) is 0 Å². The van der Waals surface area contributed by atoms with Gasteiger partial charge in [0.25, 0.3) is 11.6 Å². The second-order valence-electron chi connectivity index (χ2n) is 4.92. The summed E-state index contributed by atoms with van der Waals surface area (Å²) in [5.74, 6) is 0.225. The van der Waals surface area contributed by atoms with Crippen LogP contribution in [-0.4, -0.2) is 16.9 Å². The molecule has 1 N–H and O–H groups in total. The van der Waals surface area contributed by atoms with Crippen molar-refractivity contribution in [2.75, 3.05) is 5.32 Å². The summed E-state index contributed by atoms with van der Waals surface area (Å²) < 4.78 is 5.63. The second kappa shape index (κ2) is 6.71. The number of rotatable bonds is 5. The third-order valence-electron chi connectivity index (χ3n) is 2.84. The lowest BCUT2D eigenvalue weighted by molar-refractivity contribution is -0.384. The highest BCUT2D eigenvalue weighted by atomic mass is 16.6. The van der Waals surface area contributed by atoms with Gasteiger partial charge in [0.15, 0.2) is 0 Å². The van der Waals surface area contributed by atoms with Gasteiger partial charge in [-0.1, -0.05) is 12.1 Å². The van der Waals surface area contributed by atoms with Crippen LogP contribution >= 0.6 is 0 Å². The van der Waals surface area contributed by atoms with E-state index in [4.69, 9.17) is 4.74 Å². The predicted octanol–water partition coefficient (Wildman–Crippen LogP) is 3.63. The molecule has 0 unspecified atom stereocenters. The van der Waals surface area contributed by atoms with Gasteiger partial charge in [0.2, 0.25) is 0 Å². The van der Waals surface area contributed by atoms with Crippen molar-refractivity contribution < 1.29 is 14.5 Å². The molecule has 0 radical (unpaired) electrons. The van der Waals surface area contributed by atoms with E-state index in [9.17, 15) is 14.9 Å². The fourth-order valence-corrected chi connectivity index (χ4v) is 1.86. The van der Waals surface area contributed by atoms with Crippen molar-refractivity contribution in [2.24, 2.45) is 0 Å². The molecule has 2 rings (SSSR count). The van der Waals surface area contributed by atoms with E-state index < -0.39 is 4.92 Å². The predicted molar refractivity (Wildman–Crippen MR) is 83.3 cm³/mol. The molecule has 6 heteroatoms. The number of carbonyl (C=O) groups excluding carboxylic acids is 1. The van der Waals surface area contributed by atoms with E-state index in [0.717, 1.165) is 0 Å². The van der Waals surface area contributed by atoms with Crippen LogP contribution in [0.3, 0.4) is 0 Å². The van der Waals surface area contributed by atoms with Crippen molar-refractivity contribution in [1.29, 1.82) is 0 Å². The maximum atomic E-state index is 12.2. The summed E-state index contributed by atoms with van der Waals surface area (Å²) >= 11 is 0. The molecule has 0 saturated heterocycles. The average molecular weight is 300 g/mol. The second-order valence-corrected chi connectivity index (χ2v) is 4.92. The molecule has 2 aromatic carbocycles. The molecule has 114 valence electrons. The van der Waals surface area contributed by atoms with Crippen LogP contribution in [0.25, 0.3) is 0 Å². The molecule has 0 aliphatic heterocycles. The van der Waals surface area contributed by atoms with Crippen molar-refractivity contribution in [3.63, 3.8) is 0 Å². The van der Waals surface area contributed by atoms with Gasteiger partial charge in [-0.05, 0) is 38.1 Å². The van der Waals surface area contributed by atoms with Crippen molar-refractivity contribution in [3.8, 4) is 5.75 Å². The molecule has 6 nitrogen and oxygen atoms in total. The molecular formula is C16H16N2O4. The minimum atomic E-state index is -0.506. The maximum Gasteiger partial charge on any atom is 0.269 e. The Morgan fingerprint density at radius 2 is 1.77 bits per heavy atom. The lowest BCUT2D eigenvalue weighted by atomic mass is 10.2. The number of amides is 1. The van der Waals surface area contributed by atoms with Crippen LogP contribution in [0, 0.1) is 10.1 Å². The van der Waals surface area contributed by atoms with Gasteiger partial charge in [0, 0.05) is 17.7 Å². The van der Waals surface area contributed by atoms with E-state index in [1.165, 1.54) is 24.3 Å². The smallest absolute Gasteiger partial charge is 0.269 e. The zero-order valence-corrected chi connectivity index (χ0v) is 12.3. The molecule has 1 amide bonds. The molecule has 0 fully saturated rings. The molecule has 0 heterocycles. The summed E-state index contributed by atoms with van der Waals surface area (Å²) in [4.78, 5) is 22.3. The summed E-state index contributed by atoms with van der Waals surface area (Å²) in [5.41, 5.74) is 0.838. The highest BCUT2D eigenvalue weighted by Gasteiger charge is 2.12. The zero-order chi connectivity index (χ0) is 16.1. The van der Waals surface area contributed by atoms with Gasteiger partial charge in [0.1, 0.15) is 5.75 Å². The first-order valence-corrected chi connectivity index (χ1v) is 6.79. The Labute approximate surface area is 127 Å². The van der Waals surface area contributed by atoms with Gasteiger partial charge < -0.3 is 10.1 Å². The number of nitro benzene ring substituents is 1. The van der Waals surface area contributed by atoms with E-state index >= 15 is 0 Å². The number of nitro groups is 1. The number of non-ortho nitro benzene ring substituents is 1. The highest BCUT2D eigenvalue weighted by molar-refractivity contribution is 6.05. The normalized spacial score (nSPS) is 10.3. The van der Waals surface area contributed by atoms with Gasteiger partial charge in [-0.15, -0.1) is 0 Å². The first-order valence-electron chi connectivity index (χ1n) is 6.79. The summed E-state index contributed by atoms with van der Waals surface area (Å²) in [5, 5.41) is 13.4. The van der Waals surface area contributed by atoms with Crippen LogP contribution in [-0.2, 0) is 0 Å². The first kappa shape index (κ1) is 15.5. The molecular weight excluding hydrogens is 284 g/mol. The van der Waals surface area contributed by atoms with Crippen molar-refractivity contribution >= 4 is 17.3 Å². The number of nitrogens with one attached hydrogen (secondary N) is 1. The SMILES string of the molecule is CC(C)Oc1ccccc1NC(=O)c1ccc([N+](=O)[O-])cc1. The monoisotopic (exact) mass is 300 g/mol. The Morgan fingerprint density at radius 1 is 1.14 bits per heavy atom.